The van der Waals surface area contributed by atoms with Gasteiger partial charge in [0.15, 0.2) is 0 Å². The Morgan fingerprint density at radius 3 is 2.78 bits per heavy atom. The number of rotatable bonds is 4. The van der Waals surface area contributed by atoms with Crippen molar-refractivity contribution in [3.63, 3.8) is 0 Å². The monoisotopic (exact) mass is 251 g/mol. The molecule has 2 heterocycles. The first kappa shape index (κ1) is 12.4. The molecule has 96 valence electrons. The number of aromatic nitrogens is 1. The molecule has 2 aromatic rings. The minimum atomic E-state index is -0.336. The molecule has 0 amide bonds. The van der Waals surface area contributed by atoms with Gasteiger partial charge in [-0.25, -0.2) is 0 Å². The average Bonchev–Trinajstić information content (AvgIpc) is 2.68. The summed E-state index contributed by atoms with van der Waals surface area (Å²) in [5, 5.41) is 12.6. The molecule has 0 spiro atoms. The highest BCUT2D eigenvalue weighted by Crippen LogP contribution is 2.15. The van der Waals surface area contributed by atoms with Crippen LogP contribution in [-0.2, 0) is 13.2 Å². The molecule has 0 radical (unpaired) electrons. The van der Waals surface area contributed by atoms with Crippen LogP contribution in [0.2, 0.25) is 0 Å². The molecular formula is C12H13NO5. The maximum absolute atomic E-state index is 11.6. The van der Waals surface area contributed by atoms with E-state index in [-0.39, 0.29) is 30.2 Å². The van der Waals surface area contributed by atoms with Crippen molar-refractivity contribution in [1.29, 1.82) is 0 Å². The number of aliphatic hydroxyl groups is 1. The van der Waals surface area contributed by atoms with Gasteiger partial charge in [-0.2, -0.15) is 0 Å². The second-order valence-electron chi connectivity index (χ2n) is 3.82. The van der Waals surface area contributed by atoms with Crippen LogP contribution in [0.5, 0.6) is 5.75 Å². The Hall–Kier alpha value is -2.08. The van der Waals surface area contributed by atoms with Crippen molar-refractivity contribution in [3.05, 3.63) is 45.3 Å². The topological polar surface area (TPSA) is 85.7 Å². The van der Waals surface area contributed by atoms with Crippen LogP contribution in [0.1, 0.15) is 22.8 Å². The molecule has 2 aromatic heterocycles. The first-order valence-electron chi connectivity index (χ1n) is 5.39. The number of hydrogen-bond acceptors (Lipinski definition) is 6. The van der Waals surface area contributed by atoms with Crippen LogP contribution in [0.25, 0.3) is 0 Å². The van der Waals surface area contributed by atoms with Crippen molar-refractivity contribution >= 4 is 0 Å². The van der Waals surface area contributed by atoms with Crippen molar-refractivity contribution in [2.75, 3.05) is 0 Å². The second-order valence-corrected chi connectivity index (χ2v) is 3.82. The highest BCUT2D eigenvalue weighted by Gasteiger charge is 2.11. The highest BCUT2D eigenvalue weighted by molar-refractivity contribution is 5.22. The highest BCUT2D eigenvalue weighted by atomic mass is 16.5. The Morgan fingerprint density at radius 2 is 2.22 bits per heavy atom. The van der Waals surface area contributed by atoms with E-state index in [1.165, 1.54) is 12.3 Å². The molecule has 0 unspecified atom stereocenters. The quantitative estimate of drug-likeness (QED) is 0.881. The fourth-order valence-electron chi connectivity index (χ4n) is 1.48. The Bertz CT molecular complexity index is 579. The second kappa shape index (κ2) is 5.05. The van der Waals surface area contributed by atoms with Crippen LogP contribution in [0.3, 0.4) is 0 Å². The van der Waals surface area contributed by atoms with Crippen LogP contribution in [0.4, 0.5) is 0 Å². The molecule has 0 bridgehead atoms. The fourth-order valence-corrected chi connectivity index (χ4v) is 1.48. The summed E-state index contributed by atoms with van der Waals surface area (Å²) in [5.41, 5.74) is 1.20. The zero-order chi connectivity index (χ0) is 13.1. The molecule has 0 aliphatic carbocycles. The molecule has 0 saturated carbocycles. The van der Waals surface area contributed by atoms with E-state index in [2.05, 4.69) is 5.16 Å². The largest absolute Gasteiger partial charge is 0.482 e. The number of aryl methyl sites for hydroxylation is 2. The number of hydrogen-bond donors (Lipinski definition) is 1. The predicted octanol–water partition coefficient (Wildman–Crippen LogP) is 1.32. The zero-order valence-corrected chi connectivity index (χ0v) is 10.1. The van der Waals surface area contributed by atoms with Crippen LogP contribution >= 0.6 is 0 Å². The molecule has 0 saturated heterocycles. The first-order valence-corrected chi connectivity index (χ1v) is 5.39. The molecule has 2 rings (SSSR count). The molecule has 6 nitrogen and oxygen atoms in total. The van der Waals surface area contributed by atoms with E-state index in [1.807, 2.05) is 0 Å². The van der Waals surface area contributed by atoms with Crippen LogP contribution in [-0.4, -0.2) is 10.3 Å². The summed E-state index contributed by atoms with van der Waals surface area (Å²) in [6.07, 6.45) is 1.19. The van der Waals surface area contributed by atoms with Gasteiger partial charge in [0.25, 0.3) is 0 Å². The van der Waals surface area contributed by atoms with Gasteiger partial charge in [0.05, 0.1) is 11.3 Å². The molecule has 18 heavy (non-hydrogen) atoms. The molecule has 0 aliphatic heterocycles. The predicted molar refractivity (Wildman–Crippen MR) is 61.2 cm³/mol. The fraction of sp³-hybridized carbons (Fsp3) is 0.333. The smallest absolute Gasteiger partial charge is 0.227 e. The van der Waals surface area contributed by atoms with E-state index in [0.717, 1.165) is 11.3 Å². The first-order chi connectivity index (χ1) is 8.61. The summed E-state index contributed by atoms with van der Waals surface area (Å²) < 4.78 is 15.3. The third-order valence-electron chi connectivity index (χ3n) is 2.56. The van der Waals surface area contributed by atoms with Gasteiger partial charge >= 0.3 is 0 Å². The van der Waals surface area contributed by atoms with Gasteiger partial charge < -0.3 is 18.8 Å². The van der Waals surface area contributed by atoms with Crippen LogP contribution < -0.4 is 10.2 Å². The average molecular weight is 251 g/mol. The zero-order valence-electron chi connectivity index (χ0n) is 10.1. The van der Waals surface area contributed by atoms with Crippen molar-refractivity contribution < 1.29 is 18.8 Å². The van der Waals surface area contributed by atoms with Gasteiger partial charge in [-0.1, -0.05) is 5.16 Å². The standard InChI is InChI=1S/C12H13NO5/c1-7-10(8(2)18-13-7)5-17-12-6-16-9(4-14)3-11(12)15/h3,6,14H,4-5H2,1-2H3. The summed E-state index contributed by atoms with van der Waals surface area (Å²) in [7, 11) is 0. The van der Waals surface area contributed by atoms with Crippen molar-refractivity contribution in [2.45, 2.75) is 27.1 Å². The van der Waals surface area contributed by atoms with Crippen molar-refractivity contribution in [1.82, 2.24) is 5.16 Å². The van der Waals surface area contributed by atoms with Gasteiger partial charge in [-0.05, 0) is 13.8 Å². The Kier molecular flexibility index (Phi) is 3.47. The third-order valence-corrected chi connectivity index (χ3v) is 2.56. The normalized spacial score (nSPS) is 10.6. The summed E-state index contributed by atoms with van der Waals surface area (Å²) in [6, 6.07) is 1.20. The van der Waals surface area contributed by atoms with Crippen LogP contribution in [0.15, 0.2) is 26.1 Å². The number of ether oxygens (including phenoxy) is 1. The Morgan fingerprint density at radius 1 is 1.44 bits per heavy atom. The summed E-state index contributed by atoms with van der Waals surface area (Å²) in [4.78, 5) is 11.6. The minimum Gasteiger partial charge on any atom is -0.482 e. The molecule has 0 aromatic carbocycles. The van der Waals surface area contributed by atoms with Gasteiger partial charge in [0.2, 0.25) is 11.2 Å². The lowest BCUT2D eigenvalue weighted by molar-refractivity contribution is 0.235. The maximum atomic E-state index is 11.6. The molecule has 0 fully saturated rings. The van der Waals surface area contributed by atoms with E-state index in [9.17, 15) is 4.79 Å². The summed E-state index contributed by atoms with van der Waals surface area (Å²) in [5.74, 6) is 0.945. The number of aliphatic hydroxyl groups excluding tert-OH is 1. The molecular weight excluding hydrogens is 238 g/mol. The SMILES string of the molecule is Cc1noc(C)c1COc1coc(CO)cc1=O. The molecule has 1 N–H and O–H groups in total. The minimum absolute atomic E-state index is 0.0900. The van der Waals surface area contributed by atoms with Crippen molar-refractivity contribution in [3.8, 4) is 5.75 Å². The lowest BCUT2D eigenvalue weighted by atomic mass is 10.2. The van der Waals surface area contributed by atoms with Gasteiger partial charge in [-0.3, -0.25) is 4.79 Å². The van der Waals surface area contributed by atoms with Crippen molar-refractivity contribution in [2.24, 2.45) is 0 Å². The van der Waals surface area contributed by atoms with E-state index in [1.54, 1.807) is 13.8 Å². The summed E-state index contributed by atoms with van der Waals surface area (Å²) >= 11 is 0. The van der Waals surface area contributed by atoms with E-state index >= 15 is 0 Å². The van der Waals surface area contributed by atoms with E-state index in [4.69, 9.17) is 18.8 Å². The van der Waals surface area contributed by atoms with Gasteiger partial charge in [0.1, 0.15) is 31.0 Å². The molecule has 0 atom stereocenters. The lowest BCUT2D eigenvalue weighted by Crippen LogP contribution is -2.08. The molecule has 0 aliphatic rings. The summed E-state index contributed by atoms with van der Waals surface area (Å²) in [6.45, 7) is 3.44. The van der Waals surface area contributed by atoms with E-state index < -0.39 is 0 Å². The Balaban J connectivity index is 2.14. The van der Waals surface area contributed by atoms with E-state index in [0.29, 0.717) is 5.76 Å². The van der Waals surface area contributed by atoms with Gasteiger partial charge in [-0.15, -0.1) is 0 Å². The van der Waals surface area contributed by atoms with Crippen LogP contribution in [0, 0.1) is 13.8 Å². The third kappa shape index (κ3) is 2.43. The number of nitrogens with zero attached hydrogens (tertiary/aromatic N) is 1. The van der Waals surface area contributed by atoms with Gasteiger partial charge in [0, 0.05) is 6.07 Å². The Labute approximate surface area is 103 Å². The maximum Gasteiger partial charge on any atom is 0.227 e. The lowest BCUT2D eigenvalue weighted by Gasteiger charge is -2.04. The molecule has 6 heteroatoms.